The second-order valence-electron chi connectivity index (χ2n) is 5.30. The van der Waals surface area contributed by atoms with E-state index in [0.717, 1.165) is 22.9 Å². The van der Waals surface area contributed by atoms with Gasteiger partial charge < -0.3 is 5.32 Å². The Bertz CT molecular complexity index is 645. The van der Waals surface area contributed by atoms with Crippen LogP contribution in [0.1, 0.15) is 28.8 Å². The summed E-state index contributed by atoms with van der Waals surface area (Å²) in [4.78, 5) is 13.8. The van der Waals surface area contributed by atoms with Crippen molar-refractivity contribution in [3.8, 4) is 0 Å². The van der Waals surface area contributed by atoms with Gasteiger partial charge in [-0.3, -0.25) is 4.79 Å². The molecule has 1 fully saturated rings. The molecule has 0 unspecified atom stereocenters. The van der Waals surface area contributed by atoms with Gasteiger partial charge in [-0.2, -0.15) is 0 Å². The fourth-order valence-electron chi connectivity index (χ4n) is 2.47. The third-order valence-corrected chi connectivity index (χ3v) is 5.46. The standard InChI is InChI=1S/C16H16BrNOS/c1-11-5-8-20-14(11)10-18-15(19)16(6-7-16)12-3-2-4-13(17)9-12/h2-5,8-9H,6-7,10H2,1H3,(H,18,19). The topological polar surface area (TPSA) is 29.1 Å². The maximum Gasteiger partial charge on any atom is 0.230 e. The van der Waals surface area contributed by atoms with Gasteiger partial charge in [-0.05, 0) is 54.5 Å². The maximum absolute atomic E-state index is 12.5. The molecule has 1 aliphatic carbocycles. The monoisotopic (exact) mass is 349 g/mol. The van der Waals surface area contributed by atoms with E-state index in [2.05, 4.69) is 45.7 Å². The van der Waals surface area contributed by atoms with Gasteiger partial charge in [0.2, 0.25) is 5.91 Å². The van der Waals surface area contributed by atoms with Crippen molar-refractivity contribution < 1.29 is 4.79 Å². The highest BCUT2D eigenvalue weighted by atomic mass is 79.9. The average molecular weight is 350 g/mol. The van der Waals surface area contributed by atoms with Crippen LogP contribution in [0.2, 0.25) is 0 Å². The van der Waals surface area contributed by atoms with E-state index in [1.165, 1.54) is 10.4 Å². The zero-order valence-corrected chi connectivity index (χ0v) is 13.7. The molecule has 1 aliphatic rings. The van der Waals surface area contributed by atoms with Gasteiger partial charge in [-0.1, -0.05) is 28.1 Å². The van der Waals surface area contributed by atoms with Crippen molar-refractivity contribution in [1.29, 1.82) is 0 Å². The lowest BCUT2D eigenvalue weighted by atomic mass is 9.95. The van der Waals surface area contributed by atoms with Crippen LogP contribution in [0.5, 0.6) is 0 Å². The van der Waals surface area contributed by atoms with Crippen molar-refractivity contribution in [2.75, 3.05) is 0 Å². The molecule has 0 bridgehead atoms. The molecule has 0 saturated heterocycles. The lowest BCUT2D eigenvalue weighted by molar-refractivity contribution is -0.123. The molecule has 20 heavy (non-hydrogen) atoms. The quantitative estimate of drug-likeness (QED) is 0.881. The molecular formula is C16H16BrNOS. The highest BCUT2D eigenvalue weighted by molar-refractivity contribution is 9.10. The minimum Gasteiger partial charge on any atom is -0.350 e. The minimum absolute atomic E-state index is 0.156. The summed E-state index contributed by atoms with van der Waals surface area (Å²) in [6.45, 7) is 2.72. The first-order valence-electron chi connectivity index (χ1n) is 6.69. The third-order valence-electron chi connectivity index (χ3n) is 3.94. The number of hydrogen-bond donors (Lipinski definition) is 1. The number of aryl methyl sites for hydroxylation is 1. The van der Waals surface area contributed by atoms with Gasteiger partial charge in [0.05, 0.1) is 12.0 Å². The highest BCUT2D eigenvalue weighted by Crippen LogP contribution is 2.48. The van der Waals surface area contributed by atoms with E-state index >= 15 is 0 Å². The number of amides is 1. The first-order chi connectivity index (χ1) is 9.62. The van der Waals surface area contributed by atoms with E-state index in [1.54, 1.807) is 11.3 Å². The summed E-state index contributed by atoms with van der Waals surface area (Å²) in [5.74, 6) is 0.156. The fraction of sp³-hybridized carbons (Fsp3) is 0.312. The molecular weight excluding hydrogens is 334 g/mol. The summed E-state index contributed by atoms with van der Waals surface area (Å²) >= 11 is 5.18. The maximum atomic E-state index is 12.5. The minimum atomic E-state index is -0.297. The van der Waals surface area contributed by atoms with Gasteiger partial charge in [0.15, 0.2) is 0 Å². The van der Waals surface area contributed by atoms with Crippen LogP contribution in [0.15, 0.2) is 40.2 Å². The molecule has 2 aromatic rings. The van der Waals surface area contributed by atoms with E-state index in [-0.39, 0.29) is 11.3 Å². The molecule has 3 rings (SSSR count). The van der Waals surface area contributed by atoms with Crippen LogP contribution in [0.4, 0.5) is 0 Å². The number of halogens is 1. The van der Waals surface area contributed by atoms with Crippen LogP contribution in [0.3, 0.4) is 0 Å². The number of carbonyl (C=O) groups excluding carboxylic acids is 1. The van der Waals surface area contributed by atoms with Gasteiger partial charge in [0, 0.05) is 9.35 Å². The molecule has 0 radical (unpaired) electrons. The first kappa shape index (κ1) is 13.8. The summed E-state index contributed by atoms with van der Waals surface area (Å²) in [6, 6.07) is 10.2. The predicted octanol–water partition coefficient (Wildman–Crippen LogP) is 4.17. The summed E-state index contributed by atoms with van der Waals surface area (Å²) in [5, 5.41) is 5.17. The number of thiophene rings is 1. The Labute approximate surface area is 131 Å². The Kier molecular flexibility index (Phi) is 3.69. The molecule has 4 heteroatoms. The van der Waals surface area contributed by atoms with Gasteiger partial charge in [-0.25, -0.2) is 0 Å². The fourth-order valence-corrected chi connectivity index (χ4v) is 3.72. The van der Waals surface area contributed by atoms with E-state index < -0.39 is 0 Å². The van der Waals surface area contributed by atoms with Gasteiger partial charge in [0.25, 0.3) is 0 Å². The summed E-state index contributed by atoms with van der Waals surface area (Å²) < 4.78 is 1.03. The predicted molar refractivity (Wildman–Crippen MR) is 86.0 cm³/mol. The Hall–Kier alpha value is -1.13. The number of rotatable bonds is 4. The van der Waals surface area contributed by atoms with Crippen molar-refractivity contribution >= 4 is 33.2 Å². The average Bonchev–Trinajstić information content (AvgIpc) is 3.15. The van der Waals surface area contributed by atoms with Crippen molar-refractivity contribution in [2.24, 2.45) is 0 Å². The van der Waals surface area contributed by atoms with Crippen molar-refractivity contribution in [2.45, 2.75) is 31.7 Å². The molecule has 1 aromatic carbocycles. The SMILES string of the molecule is Cc1ccsc1CNC(=O)C1(c2cccc(Br)c2)CC1. The second-order valence-corrected chi connectivity index (χ2v) is 7.22. The molecule has 104 valence electrons. The zero-order valence-electron chi connectivity index (χ0n) is 11.3. The van der Waals surface area contributed by atoms with Gasteiger partial charge >= 0.3 is 0 Å². The van der Waals surface area contributed by atoms with E-state index in [1.807, 2.05) is 18.2 Å². The van der Waals surface area contributed by atoms with Crippen LogP contribution >= 0.6 is 27.3 Å². The van der Waals surface area contributed by atoms with E-state index in [9.17, 15) is 4.79 Å². The third kappa shape index (κ3) is 2.54. The largest absolute Gasteiger partial charge is 0.350 e. The van der Waals surface area contributed by atoms with Crippen molar-refractivity contribution in [1.82, 2.24) is 5.32 Å². The molecule has 2 nitrogen and oxygen atoms in total. The Morgan fingerprint density at radius 2 is 2.20 bits per heavy atom. The highest BCUT2D eigenvalue weighted by Gasteiger charge is 2.51. The van der Waals surface area contributed by atoms with Crippen molar-refractivity contribution in [3.05, 3.63) is 56.2 Å². The molecule has 1 amide bonds. The Balaban J connectivity index is 1.72. The van der Waals surface area contributed by atoms with E-state index in [4.69, 9.17) is 0 Å². The Morgan fingerprint density at radius 3 is 2.80 bits per heavy atom. The lowest BCUT2D eigenvalue weighted by Crippen LogP contribution is -2.34. The lowest BCUT2D eigenvalue weighted by Gasteiger charge is -2.16. The molecule has 1 heterocycles. The molecule has 0 atom stereocenters. The van der Waals surface area contributed by atoms with Crippen LogP contribution < -0.4 is 5.32 Å². The second kappa shape index (κ2) is 5.34. The zero-order chi connectivity index (χ0) is 14.2. The van der Waals surface area contributed by atoms with Gasteiger partial charge in [-0.15, -0.1) is 11.3 Å². The summed E-state index contributed by atoms with van der Waals surface area (Å²) in [6.07, 6.45) is 1.89. The number of carbonyl (C=O) groups is 1. The molecule has 1 N–H and O–H groups in total. The van der Waals surface area contributed by atoms with Gasteiger partial charge in [0.1, 0.15) is 0 Å². The number of hydrogen-bond acceptors (Lipinski definition) is 2. The number of benzene rings is 1. The number of nitrogens with one attached hydrogen (secondary N) is 1. The van der Waals surface area contributed by atoms with E-state index in [0.29, 0.717) is 6.54 Å². The molecule has 1 saturated carbocycles. The summed E-state index contributed by atoms with van der Waals surface area (Å²) in [7, 11) is 0. The van der Waals surface area contributed by atoms with Crippen LogP contribution in [-0.2, 0) is 16.8 Å². The van der Waals surface area contributed by atoms with Crippen molar-refractivity contribution in [3.63, 3.8) is 0 Å². The first-order valence-corrected chi connectivity index (χ1v) is 8.36. The van der Waals surface area contributed by atoms with Crippen LogP contribution in [0.25, 0.3) is 0 Å². The Morgan fingerprint density at radius 1 is 1.40 bits per heavy atom. The molecule has 0 spiro atoms. The molecule has 1 aromatic heterocycles. The summed E-state index contributed by atoms with van der Waals surface area (Å²) in [5.41, 5.74) is 2.07. The van der Waals surface area contributed by atoms with Crippen LogP contribution in [-0.4, -0.2) is 5.91 Å². The smallest absolute Gasteiger partial charge is 0.230 e. The normalized spacial score (nSPS) is 15.9. The molecule has 0 aliphatic heterocycles. The van der Waals surface area contributed by atoms with Crippen LogP contribution in [0, 0.1) is 6.92 Å².